The summed E-state index contributed by atoms with van der Waals surface area (Å²) in [5.41, 5.74) is 0.969. The second-order valence-corrected chi connectivity index (χ2v) is 6.76. The normalized spacial score (nSPS) is 20.3. The number of rotatable bonds is 6. The average Bonchev–Trinajstić information content (AvgIpc) is 2.63. The van der Waals surface area contributed by atoms with Crippen LogP contribution < -0.4 is 0 Å². The van der Waals surface area contributed by atoms with Crippen LogP contribution in [-0.4, -0.2) is 18.3 Å². The first-order chi connectivity index (χ1) is 9.91. The molecule has 1 fully saturated rings. The van der Waals surface area contributed by atoms with E-state index in [4.69, 9.17) is 9.31 Å². The van der Waals surface area contributed by atoms with Crippen molar-refractivity contribution in [1.29, 1.82) is 0 Å². The Hall–Kier alpha value is -1.06. The van der Waals surface area contributed by atoms with E-state index >= 15 is 0 Å². The molecule has 0 aliphatic carbocycles. The highest BCUT2D eigenvalue weighted by Gasteiger charge is 2.50. The lowest BCUT2D eigenvalue weighted by molar-refractivity contribution is 0.00578. The second-order valence-electron chi connectivity index (χ2n) is 6.76. The van der Waals surface area contributed by atoms with E-state index < -0.39 is 0 Å². The average molecular weight is 286 g/mol. The fourth-order valence-electron chi connectivity index (χ4n) is 2.45. The molecule has 0 atom stereocenters. The summed E-state index contributed by atoms with van der Waals surface area (Å²) < 4.78 is 12.0. The minimum absolute atomic E-state index is 0.0752. The molecule has 21 heavy (non-hydrogen) atoms. The van der Waals surface area contributed by atoms with Gasteiger partial charge >= 0.3 is 7.12 Å². The first kappa shape index (κ1) is 16.3. The SMILES string of the molecule is CC1(C)OB(CC/C=C/CCc2ccccc2)OC1(C)C. The van der Waals surface area contributed by atoms with E-state index in [1.165, 1.54) is 5.56 Å². The van der Waals surface area contributed by atoms with Crippen LogP contribution in [0.15, 0.2) is 42.5 Å². The van der Waals surface area contributed by atoms with Crippen LogP contribution in [0.1, 0.15) is 46.1 Å². The molecule has 2 rings (SSSR count). The molecule has 0 N–H and O–H groups in total. The van der Waals surface area contributed by atoms with Gasteiger partial charge in [0.25, 0.3) is 0 Å². The quantitative estimate of drug-likeness (QED) is 0.559. The van der Waals surface area contributed by atoms with Gasteiger partial charge < -0.3 is 9.31 Å². The number of hydrogen-bond acceptors (Lipinski definition) is 2. The Kier molecular flexibility index (Phi) is 5.29. The molecular formula is C18H27BO2. The Labute approximate surface area is 129 Å². The van der Waals surface area contributed by atoms with Crippen LogP contribution in [-0.2, 0) is 15.7 Å². The highest BCUT2D eigenvalue weighted by molar-refractivity contribution is 6.45. The minimum atomic E-state index is -0.214. The summed E-state index contributed by atoms with van der Waals surface area (Å²) in [5.74, 6) is 0. The monoisotopic (exact) mass is 286 g/mol. The molecule has 1 aliphatic rings. The first-order valence-electron chi connectivity index (χ1n) is 7.95. The summed E-state index contributed by atoms with van der Waals surface area (Å²) in [5, 5.41) is 0. The van der Waals surface area contributed by atoms with Crippen molar-refractivity contribution >= 4 is 7.12 Å². The van der Waals surface area contributed by atoms with Crippen molar-refractivity contribution < 1.29 is 9.31 Å². The van der Waals surface area contributed by atoms with Crippen molar-refractivity contribution in [3.8, 4) is 0 Å². The number of aryl methyl sites for hydroxylation is 1. The van der Waals surface area contributed by atoms with Crippen LogP contribution in [0.5, 0.6) is 0 Å². The summed E-state index contributed by atoms with van der Waals surface area (Å²) in [6.45, 7) is 8.40. The van der Waals surface area contributed by atoms with Crippen molar-refractivity contribution in [2.75, 3.05) is 0 Å². The smallest absolute Gasteiger partial charge is 0.403 e. The third-order valence-corrected chi connectivity index (χ3v) is 4.48. The van der Waals surface area contributed by atoms with Crippen molar-refractivity contribution in [3.63, 3.8) is 0 Å². The van der Waals surface area contributed by atoms with Crippen LogP contribution >= 0.6 is 0 Å². The zero-order valence-electron chi connectivity index (χ0n) is 13.8. The van der Waals surface area contributed by atoms with E-state index in [-0.39, 0.29) is 18.3 Å². The van der Waals surface area contributed by atoms with Crippen molar-refractivity contribution in [2.24, 2.45) is 0 Å². The van der Waals surface area contributed by atoms with Gasteiger partial charge in [0.2, 0.25) is 0 Å². The maximum atomic E-state index is 5.98. The van der Waals surface area contributed by atoms with Crippen molar-refractivity contribution in [3.05, 3.63) is 48.0 Å². The Balaban J connectivity index is 1.65. The van der Waals surface area contributed by atoms with Gasteiger partial charge in [-0.3, -0.25) is 0 Å². The van der Waals surface area contributed by atoms with Gasteiger partial charge in [-0.05, 0) is 58.8 Å². The van der Waals surface area contributed by atoms with E-state index in [9.17, 15) is 0 Å². The standard InChI is InChI=1S/C18H27BO2/c1-17(2)18(3,4)21-19(20-17)15-11-6-5-8-12-16-13-9-7-10-14-16/h5-7,9-10,13-14H,8,11-12,15H2,1-4H3/b6-5+. The number of allylic oxidation sites excluding steroid dienone is 2. The van der Waals surface area contributed by atoms with E-state index in [0.29, 0.717) is 0 Å². The number of benzene rings is 1. The van der Waals surface area contributed by atoms with Crippen LogP contribution in [0.4, 0.5) is 0 Å². The molecule has 3 heteroatoms. The van der Waals surface area contributed by atoms with Crippen molar-refractivity contribution in [1.82, 2.24) is 0 Å². The summed E-state index contributed by atoms with van der Waals surface area (Å²) in [4.78, 5) is 0. The third-order valence-electron chi connectivity index (χ3n) is 4.48. The summed E-state index contributed by atoms with van der Waals surface area (Å²) in [6, 6.07) is 10.6. The topological polar surface area (TPSA) is 18.5 Å². The molecule has 1 aliphatic heterocycles. The molecule has 2 nitrogen and oxygen atoms in total. The zero-order valence-corrected chi connectivity index (χ0v) is 13.8. The van der Waals surface area contributed by atoms with Gasteiger partial charge in [0, 0.05) is 0 Å². The predicted molar refractivity (Wildman–Crippen MR) is 89.4 cm³/mol. The largest absolute Gasteiger partial charge is 0.458 e. The maximum absolute atomic E-state index is 5.98. The highest BCUT2D eigenvalue weighted by atomic mass is 16.7. The van der Waals surface area contributed by atoms with Gasteiger partial charge in [-0.15, -0.1) is 0 Å². The third kappa shape index (κ3) is 4.45. The molecule has 0 radical (unpaired) electrons. The molecule has 0 amide bonds. The molecule has 0 saturated carbocycles. The molecule has 0 aromatic heterocycles. The Morgan fingerprint density at radius 3 is 2.10 bits per heavy atom. The molecule has 0 spiro atoms. The summed E-state index contributed by atoms with van der Waals surface area (Å²) in [7, 11) is -0.0752. The summed E-state index contributed by atoms with van der Waals surface area (Å²) >= 11 is 0. The molecule has 1 aromatic carbocycles. The lowest BCUT2D eigenvalue weighted by Gasteiger charge is -2.32. The van der Waals surface area contributed by atoms with Gasteiger partial charge in [-0.25, -0.2) is 0 Å². The zero-order chi connectivity index (χ0) is 15.3. The van der Waals surface area contributed by atoms with Crippen molar-refractivity contribution in [2.45, 2.75) is 64.5 Å². The lowest BCUT2D eigenvalue weighted by atomic mass is 9.83. The fraction of sp³-hybridized carbons (Fsp3) is 0.556. The number of hydrogen-bond donors (Lipinski definition) is 0. The molecule has 1 aromatic rings. The lowest BCUT2D eigenvalue weighted by Crippen LogP contribution is -2.41. The Bertz CT molecular complexity index is 449. The van der Waals surface area contributed by atoms with Crippen LogP contribution in [0.2, 0.25) is 6.32 Å². The molecular weight excluding hydrogens is 259 g/mol. The molecule has 1 saturated heterocycles. The van der Waals surface area contributed by atoms with E-state index in [0.717, 1.165) is 25.6 Å². The second kappa shape index (κ2) is 6.80. The fourth-order valence-corrected chi connectivity index (χ4v) is 2.45. The Morgan fingerprint density at radius 1 is 0.905 bits per heavy atom. The molecule has 1 heterocycles. The minimum Gasteiger partial charge on any atom is -0.403 e. The van der Waals surface area contributed by atoms with Crippen LogP contribution in [0.25, 0.3) is 0 Å². The van der Waals surface area contributed by atoms with Gasteiger partial charge in [0.05, 0.1) is 11.2 Å². The van der Waals surface area contributed by atoms with Gasteiger partial charge in [-0.1, -0.05) is 42.5 Å². The van der Waals surface area contributed by atoms with Crippen LogP contribution in [0, 0.1) is 0 Å². The van der Waals surface area contributed by atoms with E-state index in [1.807, 2.05) is 0 Å². The van der Waals surface area contributed by atoms with Gasteiger partial charge in [0.15, 0.2) is 0 Å². The molecule has 114 valence electrons. The van der Waals surface area contributed by atoms with E-state index in [1.54, 1.807) is 0 Å². The maximum Gasteiger partial charge on any atom is 0.458 e. The predicted octanol–water partition coefficient (Wildman–Crippen LogP) is 4.66. The Morgan fingerprint density at radius 2 is 1.48 bits per heavy atom. The van der Waals surface area contributed by atoms with E-state index in [2.05, 4.69) is 70.2 Å². The van der Waals surface area contributed by atoms with Crippen LogP contribution in [0.3, 0.4) is 0 Å². The van der Waals surface area contributed by atoms with Gasteiger partial charge in [-0.2, -0.15) is 0 Å². The summed E-state index contributed by atoms with van der Waals surface area (Å²) in [6.07, 6.45) is 8.63. The first-order valence-corrected chi connectivity index (χ1v) is 7.95. The molecule has 0 bridgehead atoms. The highest BCUT2D eigenvalue weighted by Crippen LogP contribution is 2.37. The van der Waals surface area contributed by atoms with Gasteiger partial charge in [0.1, 0.15) is 0 Å². The molecule has 0 unspecified atom stereocenters.